The van der Waals surface area contributed by atoms with E-state index in [1.54, 1.807) is 14.2 Å². The monoisotopic (exact) mass is 369 g/mol. The van der Waals surface area contributed by atoms with E-state index in [1.807, 2.05) is 53.9 Å². The molecule has 0 spiro atoms. The van der Waals surface area contributed by atoms with Gasteiger partial charge in [-0.1, -0.05) is 24.3 Å². The average Bonchev–Trinajstić information content (AvgIpc) is 3.17. The number of thiazole rings is 1. The summed E-state index contributed by atoms with van der Waals surface area (Å²) in [4.78, 5) is 4.54. The Morgan fingerprint density at radius 2 is 1.77 bits per heavy atom. The van der Waals surface area contributed by atoms with Crippen LogP contribution in [-0.2, 0) is 0 Å². The van der Waals surface area contributed by atoms with Crippen molar-refractivity contribution in [2.75, 3.05) is 26.3 Å². The van der Waals surface area contributed by atoms with Crippen LogP contribution >= 0.6 is 11.3 Å². The Morgan fingerprint density at radius 3 is 2.50 bits per heavy atom. The molecule has 26 heavy (non-hydrogen) atoms. The first-order chi connectivity index (χ1) is 12.8. The zero-order valence-corrected chi connectivity index (χ0v) is 15.3. The molecular weight excluding hydrogens is 350 g/mol. The third kappa shape index (κ3) is 3.84. The lowest BCUT2D eigenvalue weighted by Crippen LogP contribution is -2.10. The predicted molar refractivity (Wildman–Crippen MR) is 104 cm³/mol. The summed E-state index contributed by atoms with van der Waals surface area (Å²) in [6.45, 7) is -0.224. The van der Waals surface area contributed by atoms with Crippen LogP contribution in [0.4, 0.5) is 5.13 Å². The lowest BCUT2D eigenvalue weighted by molar-refractivity contribution is 0.356. The highest BCUT2D eigenvalue weighted by atomic mass is 32.1. The minimum absolute atomic E-state index is 0.224. The molecule has 0 unspecified atom stereocenters. The van der Waals surface area contributed by atoms with Gasteiger partial charge in [0.15, 0.2) is 0 Å². The third-order valence-corrected chi connectivity index (χ3v) is 4.49. The minimum Gasteiger partial charge on any atom is -0.496 e. The van der Waals surface area contributed by atoms with E-state index in [2.05, 4.69) is 15.5 Å². The van der Waals surface area contributed by atoms with Gasteiger partial charge >= 0.3 is 0 Å². The fraction of sp³-hybridized carbons (Fsp3) is 0.158. The molecule has 6 nitrogen and oxygen atoms in total. The average molecular weight is 369 g/mol. The van der Waals surface area contributed by atoms with Gasteiger partial charge in [0.1, 0.15) is 11.5 Å². The Balaban J connectivity index is 1.83. The Labute approximate surface area is 155 Å². The molecule has 2 N–H and O–H groups in total. The van der Waals surface area contributed by atoms with E-state index in [-0.39, 0.29) is 6.61 Å². The SMILES string of the molecule is COc1ccccc1/C(CO)=N/Nc1nc(-c2ccccc2OC)cs1. The lowest BCUT2D eigenvalue weighted by Gasteiger charge is -2.09. The van der Waals surface area contributed by atoms with Crippen LogP contribution in [-0.4, -0.2) is 36.6 Å². The summed E-state index contributed by atoms with van der Waals surface area (Å²) >= 11 is 1.42. The lowest BCUT2D eigenvalue weighted by atomic mass is 10.1. The summed E-state index contributed by atoms with van der Waals surface area (Å²) in [6, 6.07) is 15.1. The van der Waals surface area contributed by atoms with Gasteiger partial charge in [0.25, 0.3) is 0 Å². The number of aromatic nitrogens is 1. The number of ether oxygens (including phenoxy) is 2. The fourth-order valence-electron chi connectivity index (χ4n) is 2.48. The number of methoxy groups -OCH3 is 2. The van der Waals surface area contributed by atoms with Gasteiger partial charge in [-0.25, -0.2) is 4.98 Å². The maximum absolute atomic E-state index is 9.67. The Hall–Kier alpha value is -2.90. The number of hydrazone groups is 1. The number of aliphatic hydroxyl groups excluding tert-OH is 1. The molecule has 134 valence electrons. The highest BCUT2D eigenvalue weighted by molar-refractivity contribution is 7.14. The van der Waals surface area contributed by atoms with E-state index in [9.17, 15) is 5.11 Å². The second-order valence-electron chi connectivity index (χ2n) is 5.27. The van der Waals surface area contributed by atoms with Crippen molar-refractivity contribution in [3.8, 4) is 22.8 Å². The second-order valence-corrected chi connectivity index (χ2v) is 6.12. The van der Waals surface area contributed by atoms with E-state index < -0.39 is 0 Å². The zero-order chi connectivity index (χ0) is 18.4. The number of hydrogen-bond donors (Lipinski definition) is 2. The summed E-state index contributed by atoms with van der Waals surface area (Å²) < 4.78 is 10.7. The molecule has 3 aromatic rings. The van der Waals surface area contributed by atoms with E-state index in [0.717, 1.165) is 22.6 Å². The number of rotatable bonds is 7. The molecule has 0 aliphatic rings. The molecule has 0 amide bonds. The van der Waals surface area contributed by atoms with Gasteiger partial charge in [-0.2, -0.15) is 5.10 Å². The van der Waals surface area contributed by atoms with Crippen LogP contribution in [0.25, 0.3) is 11.3 Å². The van der Waals surface area contributed by atoms with E-state index in [1.165, 1.54) is 11.3 Å². The van der Waals surface area contributed by atoms with Crippen LogP contribution in [0.3, 0.4) is 0 Å². The van der Waals surface area contributed by atoms with Crippen molar-refractivity contribution in [1.29, 1.82) is 0 Å². The van der Waals surface area contributed by atoms with E-state index >= 15 is 0 Å². The van der Waals surface area contributed by atoms with Crippen LogP contribution < -0.4 is 14.9 Å². The molecule has 0 radical (unpaired) electrons. The summed E-state index contributed by atoms with van der Waals surface area (Å²) in [5, 5.41) is 16.5. The maximum Gasteiger partial charge on any atom is 0.203 e. The molecule has 1 heterocycles. The fourth-order valence-corrected chi connectivity index (χ4v) is 3.14. The van der Waals surface area contributed by atoms with Crippen molar-refractivity contribution in [2.45, 2.75) is 0 Å². The van der Waals surface area contributed by atoms with E-state index in [4.69, 9.17) is 9.47 Å². The molecule has 1 aromatic heterocycles. The topological polar surface area (TPSA) is 76.0 Å². The number of hydrogen-bond acceptors (Lipinski definition) is 7. The first-order valence-electron chi connectivity index (χ1n) is 7.92. The first kappa shape index (κ1) is 17.9. The normalized spacial score (nSPS) is 11.3. The Morgan fingerprint density at radius 1 is 1.08 bits per heavy atom. The van der Waals surface area contributed by atoms with Gasteiger partial charge in [-0.05, 0) is 24.3 Å². The van der Waals surface area contributed by atoms with Gasteiger partial charge in [0, 0.05) is 16.5 Å². The molecule has 0 saturated heterocycles. The Kier molecular flexibility index (Phi) is 5.83. The number of benzene rings is 2. The quantitative estimate of drug-likeness (QED) is 0.491. The van der Waals surface area contributed by atoms with Gasteiger partial charge in [-0.15, -0.1) is 11.3 Å². The van der Waals surface area contributed by atoms with Crippen molar-refractivity contribution in [3.05, 3.63) is 59.5 Å². The van der Waals surface area contributed by atoms with Crippen LogP contribution in [0.15, 0.2) is 59.0 Å². The number of anilines is 1. The third-order valence-electron chi connectivity index (χ3n) is 3.74. The highest BCUT2D eigenvalue weighted by Gasteiger charge is 2.11. The van der Waals surface area contributed by atoms with Crippen LogP contribution in [0, 0.1) is 0 Å². The van der Waals surface area contributed by atoms with Crippen molar-refractivity contribution in [3.63, 3.8) is 0 Å². The molecule has 3 rings (SSSR count). The molecule has 0 bridgehead atoms. The number of para-hydroxylation sites is 2. The maximum atomic E-state index is 9.67. The molecule has 0 saturated carbocycles. The van der Waals surface area contributed by atoms with Gasteiger partial charge in [0.2, 0.25) is 5.13 Å². The minimum atomic E-state index is -0.224. The van der Waals surface area contributed by atoms with Gasteiger partial charge < -0.3 is 14.6 Å². The smallest absolute Gasteiger partial charge is 0.203 e. The molecule has 0 aliphatic carbocycles. The van der Waals surface area contributed by atoms with Crippen molar-refractivity contribution in [2.24, 2.45) is 5.10 Å². The summed E-state index contributed by atoms with van der Waals surface area (Å²) in [7, 11) is 3.22. The number of nitrogens with zero attached hydrogens (tertiary/aromatic N) is 2. The van der Waals surface area contributed by atoms with Crippen molar-refractivity contribution >= 4 is 22.2 Å². The van der Waals surface area contributed by atoms with Crippen molar-refractivity contribution in [1.82, 2.24) is 4.98 Å². The highest BCUT2D eigenvalue weighted by Crippen LogP contribution is 2.31. The van der Waals surface area contributed by atoms with Crippen LogP contribution in [0.2, 0.25) is 0 Å². The summed E-state index contributed by atoms with van der Waals surface area (Å²) in [5.41, 5.74) is 5.82. The zero-order valence-electron chi connectivity index (χ0n) is 14.5. The molecule has 0 aliphatic heterocycles. The Bertz CT molecular complexity index is 908. The number of nitrogens with one attached hydrogen (secondary N) is 1. The van der Waals surface area contributed by atoms with Gasteiger partial charge in [0.05, 0.1) is 32.2 Å². The molecular formula is C19H19N3O3S. The molecule has 0 fully saturated rings. The molecule has 7 heteroatoms. The summed E-state index contributed by atoms with van der Waals surface area (Å²) in [5.74, 6) is 1.41. The first-order valence-corrected chi connectivity index (χ1v) is 8.80. The standard InChI is InChI=1S/C19H19N3O3S/c1-24-17-9-5-3-7-13(17)15(11-23)21-22-19-20-16(12-26-19)14-8-4-6-10-18(14)25-2/h3-10,12,23H,11H2,1-2H3,(H,20,22)/b21-15+. The van der Waals surface area contributed by atoms with Gasteiger partial charge in [-0.3, -0.25) is 5.43 Å². The predicted octanol–water partition coefficient (Wildman–Crippen LogP) is 3.64. The molecule has 0 atom stereocenters. The second kappa shape index (κ2) is 8.46. The van der Waals surface area contributed by atoms with Crippen molar-refractivity contribution < 1.29 is 14.6 Å². The largest absolute Gasteiger partial charge is 0.496 e. The number of aliphatic hydroxyl groups is 1. The summed E-state index contributed by atoms with van der Waals surface area (Å²) in [6.07, 6.45) is 0. The van der Waals surface area contributed by atoms with Crippen LogP contribution in [0.5, 0.6) is 11.5 Å². The van der Waals surface area contributed by atoms with Crippen LogP contribution in [0.1, 0.15) is 5.56 Å². The molecule has 2 aromatic carbocycles. The van der Waals surface area contributed by atoms with E-state index in [0.29, 0.717) is 16.6 Å².